The average molecular weight is 474 g/mol. The van der Waals surface area contributed by atoms with Crippen LogP contribution in [-0.4, -0.2) is 30.0 Å². The summed E-state index contributed by atoms with van der Waals surface area (Å²) in [6.45, 7) is 3.74. The van der Waals surface area contributed by atoms with Crippen LogP contribution in [0.2, 0.25) is 0 Å². The van der Waals surface area contributed by atoms with Crippen LogP contribution in [-0.2, 0) is 27.4 Å². The number of ether oxygens (including phenoxy) is 1. The zero-order chi connectivity index (χ0) is 21.9. The van der Waals surface area contributed by atoms with E-state index in [0.717, 1.165) is 11.1 Å². The number of carbonyl (C=O) groups excluding carboxylic acids is 3. The van der Waals surface area contributed by atoms with Gasteiger partial charge in [0, 0.05) is 12.8 Å². The number of alkyl carbamates (subject to hydrolysis) is 1. The Morgan fingerprint density at radius 2 is 1.50 bits per heavy atom. The highest BCUT2D eigenvalue weighted by molar-refractivity contribution is 9.11. The monoisotopic (exact) mass is 473 g/mol. The number of benzene rings is 2. The average Bonchev–Trinajstić information content (AvgIpc) is 2.72. The van der Waals surface area contributed by atoms with Gasteiger partial charge in [0.15, 0.2) is 0 Å². The van der Waals surface area contributed by atoms with Crippen molar-refractivity contribution in [2.24, 2.45) is 5.73 Å². The van der Waals surface area contributed by atoms with Crippen molar-refractivity contribution in [1.82, 2.24) is 10.6 Å². The van der Waals surface area contributed by atoms with Gasteiger partial charge in [-0.15, -0.1) is 0 Å². The van der Waals surface area contributed by atoms with Gasteiger partial charge in [-0.1, -0.05) is 83.2 Å². The van der Waals surface area contributed by atoms with Gasteiger partial charge in [0.1, 0.15) is 18.7 Å². The summed E-state index contributed by atoms with van der Waals surface area (Å²) < 4.78 is 5.74. The number of amides is 3. The van der Waals surface area contributed by atoms with Crippen LogP contribution >= 0.6 is 15.9 Å². The van der Waals surface area contributed by atoms with Gasteiger partial charge >= 0.3 is 6.09 Å². The van der Waals surface area contributed by atoms with Crippen molar-refractivity contribution in [2.45, 2.75) is 31.5 Å². The fourth-order valence-corrected chi connectivity index (χ4v) is 3.01. The van der Waals surface area contributed by atoms with E-state index in [1.54, 1.807) is 0 Å². The van der Waals surface area contributed by atoms with Gasteiger partial charge in [-0.2, -0.15) is 0 Å². The summed E-state index contributed by atoms with van der Waals surface area (Å²) in [7, 11) is 0. The first kappa shape index (κ1) is 23.2. The number of nitrogens with two attached hydrogens (primary N) is 1. The first-order valence-corrected chi connectivity index (χ1v) is 10.1. The van der Waals surface area contributed by atoms with Crippen molar-refractivity contribution < 1.29 is 19.1 Å². The van der Waals surface area contributed by atoms with Gasteiger partial charge in [-0.05, 0) is 15.6 Å². The fraction of sp³-hybridized carbons (Fsp3) is 0.227. The highest BCUT2D eigenvalue weighted by atomic mass is 79.9. The summed E-state index contributed by atoms with van der Waals surface area (Å²) in [4.78, 5) is 36.8. The number of primary amides is 1. The third-order valence-electron chi connectivity index (χ3n) is 4.19. The molecule has 0 unspecified atom stereocenters. The van der Waals surface area contributed by atoms with Crippen LogP contribution in [0.25, 0.3) is 0 Å². The number of hydrogen-bond acceptors (Lipinski definition) is 4. The predicted octanol–water partition coefficient (Wildman–Crippen LogP) is 2.79. The maximum atomic E-state index is 12.8. The van der Waals surface area contributed by atoms with Gasteiger partial charge in [0.2, 0.25) is 11.8 Å². The third-order valence-corrected chi connectivity index (χ3v) is 4.51. The standard InChI is InChI=1S/C22H24BrN3O4/c1-15(23)12-18(20(24)27)25-21(28)19(13-16-8-4-2-5-9-16)26-22(29)30-14-17-10-6-3-7-11-17/h2-11,18-19H,1,12-14H2,(H2,24,27)(H,25,28)(H,26,29)/t18-,19+/m1/s1. The van der Waals surface area contributed by atoms with E-state index < -0.39 is 30.0 Å². The summed E-state index contributed by atoms with van der Waals surface area (Å²) in [5, 5.41) is 5.15. The van der Waals surface area contributed by atoms with Crippen LogP contribution < -0.4 is 16.4 Å². The second kappa shape index (κ2) is 11.8. The molecule has 2 aromatic carbocycles. The van der Waals surface area contributed by atoms with Crippen LogP contribution in [0.4, 0.5) is 4.79 Å². The van der Waals surface area contributed by atoms with E-state index in [2.05, 4.69) is 33.1 Å². The van der Waals surface area contributed by atoms with E-state index in [9.17, 15) is 14.4 Å². The fourth-order valence-electron chi connectivity index (χ4n) is 2.68. The maximum Gasteiger partial charge on any atom is 0.408 e. The Bertz CT molecular complexity index is 874. The molecule has 0 spiro atoms. The largest absolute Gasteiger partial charge is 0.445 e. The van der Waals surface area contributed by atoms with E-state index in [4.69, 9.17) is 10.5 Å². The Morgan fingerprint density at radius 3 is 2.03 bits per heavy atom. The predicted molar refractivity (Wildman–Crippen MR) is 118 cm³/mol. The molecule has 0 aliphatic heterocycles. The molecule has 2 atom stereocenters. The normalized spacial score (nSPS) is 12.3. The summed E-state index contributed by atoms with van der Waals surface area (Å²) in [6, 6.07) is 16.5. The smallest absolute Gasteiger partial charge is 0.408 e. The molecule has 7 nitrogen and oxygen atoms in total. The molecule has 2 rings (SSSR count). The number of hydrogen-bond donors (Lipinski definition) is 3. The molecule has 158 valence electrons. The Balaban J connectivity index is 2.06. The van der Waals surface area contributed by atoms with Crippen molar-refractivity contribution in [3.05, 3.63) is 82.9 Å². The van der Waals surface area contributed by atoms with Gasteiger partial charge in [-0.3, -0.25) is 9.59 Å². The van der Waals surface area contributed by atoms with Crippen LogP contribution in [0, 0.1) is 0 Å². The molecule has 0 fully saturated rings. The van der Waals surface area contributed by atoms with Crippen molar-refractivity contribution >= 4 is 33.8 Å². The molecule has 4 N–H and O–H groups in total. The summed E-state index contributed by atoms with van der Waals surface area (Å²) in [5.41, 5.74) is 7.03. The Morgan fingerprint density at radius 1 is 0.933 bits per heavy atom. The van der Waals surface area contributed by atoms with Gasteiger partial charge in [0.05, 0.1) is 0 Å². The van der Waals surface area contributed by atoms with Gasteiger partial charge in [-0.25, -0.2) is 4.79 Å². The number of carbonyl (C=O) groups is 3. The summed E-state index contributed by atoms with van der Waals surface area (Å²) >= 11 is 3.16. The molecule has 0 radical (unpaired) electrons. The molecule has 0 saturated carbocycles. The van der Waals surface area contributed by atoms with Crippen LogP contribution in [0.5, 0.6) is 0 Å². The zero-order valence-electron chi connectivity index (χ0n) is 16.3. The molecular formula is C22H24BrN3O4. The first-order valence-electron chi connectivity index (χ1n) is 9.29. The van der Waals surface area contributed by atoms with Crippen LogP contribution in [0.15, 0.2) is 71.7 Å². The quantitative estimate of drug-likeness (QED) is 0.492. The lowest BCUT2D eigenvalue weighted by atomic mass is 10.0. The van der Waals surface area contributed by atoms with E-state index in [1.807, 2.05) is 60.7 Å². The number of halogens is 1. The number of rotatable bonds is 10. The topological polar surface area (TPSA) is 111 Å². The third kappa shape index (κ3) is 8.08. The second-order valence-corrected chi connectivity index (χ2v) is 7.75. The molecule has 30 heavy (non-hydrogen) atoms. The van der Waals surface area contributed by atoms with E-state index >= 15 is 0 Å². The molecule has 2 aromatic rings. The minimum absolute atomic E-state index is 0.0691. The summed E-state index contributed by atoms with van der Waals surface area (Å²) in [6.07, 6.45) is -0.388. The van der Waals surface area contributed by atoms with E-state index in [0.29, 0.717) is 4.48 Å². The van der Waals surface area contributed by atoms with Crippen LogP contribution in [0.3, 0.4) is 0 Å². The van der Waals surface area contributed by atoms with Crippen molar-refractivity contribution in [3.63, 3.8) is 0 Å². The molecule has 3 amide bonds. The molecule has 8 heteroatoms. The molecule has 0 bridgehead atoms. The molecule has 0 aromatic heterocycles. The van der Waals surface area contributed by atoms with E-state index in [1.165, 1.54) is 0 Å². The lowest BCUT2D eigenvalue weighted by molar-refractivity contribution is -0.128. The van der Waals surface area contributed by atoms with Crippen molar-refractivity contribution in [3.8, 4) is 0 Å². The van der Waals surface area contributed by atoms with Gasteiger partial charge in [0.25, 0.3) is 0 Å². The molecular weight excluding hydrogens is 450 g/mol. The summed E-state index contributed by atoms with van der Waals surface area (Å²) in [5.74, 6) is -1.25. The highest BCUT2D eigenvalue weighted by Gasteiger charge is 2.26. The lowest BCUT2D eigenvalue weighted by Gasteiger charge is -2.22. The molecule has 0 heterocycles. The Kier molecular flexibility index (Phi) is 9.08. The lowest BCUT2D eigenvalue weighted by Crippen LogP contribution is -2.53. The molecule has 0 aliphatic carbocycles. The highest BCUT2D eigenvalue weighted by Crippen LogP contribution is 2.11. The van der Waals surface area contributed by atoms with Crippen molar-refractivity contribution in [1.29, 1.82) is 0 Å². The molecule has 0 aliphatic rings. The first-order chi connectivity index (χ1) is 14.3. The Hall–Kier alpha value is -3.13. The van der Waals surface area contributed by atoms with Crippen LogP contribution in [0.1, 0.15) is 17.5 Å². The van der Waals surface area contributed by atoms with E-state index in [-0.39, 0.29) is 19.4 Å². The Labute approximate surface area is 183 Å². The van der Waals surface area contributed by atoms with Gasteiger partial charge < -0.3 is 21.1 Å². The zero-order valence-corrected chi connectivity index (χ0v) is 17.9. The minimum Gasteiger partial charge on any atom is -0.445 e. The second-order valence-electron chi connectivity index (χ2n) is 6.63. The van der Waals surface area contributed by atoms with Crippen molar-refractivity contribution in [2.75, 3.05) is 0 Å². The number of nitrogens with one attached hydrogen (secondary N) is 2. The molecule has 0 saturated heterocycles. The maximum absolute atomic E-state index is 12.8. The minimum atomic E-state index is -0.957. The SMILES string of the molecule is C=C(Br)C[C@@H](NC(=O)[C@H](Cc1ccccc1)NC(=O)OCc1ccccc1)C(N)=O.